The van der Waals surface area contributed by atoms with Gasteiger partial charge in [0.15, 0.2) is 5.11 Å². The van der Waals surface area contributed by atoms with Crippen molar-refractivity contribution in [1.82, 2.24) is 10.2 Å². The second-order valence-corrected chi connectivity index (χ2v) is 5.22. The van der Waals surface area contributed by atoms with Gasteiger partial charge in [0.25, 0.3) is 0 Å². The Morgan fingerprint density at radius 1 is 1.38 bits per heavy atom. The van der Waals surface area contributed by atoms with Crippen molar-refractivity contribution in [3.8, 4) is 0 Å². The molecule has 1 N–H and O–H groups in total. The topological polar surface area (TPSA) is 15.3 Å². The fraction of sp³-hybridized carbons (Fsp3) is 0.900. The number of nitrogens with zero attached hydrogens (tertiary/aromatic N) is 1. The summed E-state index contributed by atoms with van der Waals surface area (Å²) in [7, 11) is 0. The minimum atomic E-state index is 0.326. The van der Waals surface area contributed by atoms with Crippen LogP contribution in [0.1, 0.15) is 40.0 Å². The molecule has 1 aliphatic carbocycles. The first-order chi connectivity index (χ1) is 6.02. The lowest BCUT2D eigenvalue weighted by atomic mass is 9.97. The number of likely N-dealkylation sites (tertiary alicyclic amines) is 1. The normalized spacial score (nSPS) is 35.2. The van der Waals surface area contributed by atoms with Crippen LogP contribution in [0.5, 0.6) is 0 Å². The highest BCUT2D eigenvalue weighted by Gasteiger charge is 2.41. The second kappa shape index (κ2) is 2.84. The standard InChI is InChI=1S/C10H18N2S/c1-7-6-8(2)12(7)9(13)11-10(3)4-5-10/h7-8H,4-6H2,1-3H3,(H,11,13). The molecule has 2 unspecified atom stereocenters. The summed E-state index contributed by atoms with van der Waals surface area (Å²) in [5.74, 6) is 0. The molecule has 0 aromatic carbocycles. The molecule has 3 heteroatoms. The van der Waals surface area contributed by atoms with Gasteiger partial charge in [-0.15, -0.1) is 0 Å². The fourth-order valence-corrected chi connectivity index (χ4v) is 2.66. The van der Waals surface area contributed by atoms with E-state index in [1.165, 1.54) is 19.3 Å². The first kappa shape index (κ1) is 9.25. The van der Waals surface area contributed by atoms with Crippen LogP contribution in [0.25, 0.3) is 0 Å². The Hall–Kier alpha value is -0.310. The molecule has 13 heavy (non-hydrogen) atoms. The predicted octanol–water partition coefficient (Wildman–Crippen LogP) is 1.90. The van der Waals surface area contributed by atoms with Crippen LogP contribution in [0.3, 0.4) is 0 Å². The average molecular weight is 198 g/mol. The van der Waals surface area contributed by atoms with Gasteiger partial charge >= 0.3 is 0 Å². The molecule has 2 fully saturated rings. The van der Waals surface area contributed by atoms with Gasteiger partial charge in [-0.3, -0.25) is 0 Å². The van der Waals surface area contributed by atoms with E-state index in [2.05, 4.69) is 31.0 Å². The summed E-state index contributed by atoms with van der Waals surface area (Å²) in [6.07, 6.45) is 3.81. The minimum Gasteiger partial charge on any atom is -0.357 e. The molecule has 2 atom stereocenters. The molecule has 2 aliphatic rings. The maximum Gasteiger partial charge on any atom is 0.169 e. The van der Waals surface area contributed by atoms with Crippen molar-refractivity contribution < 1.29 is 0 Å². The van der Waals surface area contributed by atoms with E-state index < -0.39 is 0 Å². The van der Waals surface area contributed by atoms with Crippen molar-refractivity contribution in [3.05, 3.63) is 0 Å². The molecule has 0 aromatic heterocycles. The highest BCUT2D eigenvalue weighted by atomic mass is 32.1. The lowest BCUT2D eigenvalue weighted by Crippen LogP contribution is -2.60. The molecule has 0 radical (unpaired) electrons. The van der Waals surface area contributed by atoms with E-state index in [1.54, 1.807) is 0 Å². The van der Waals surface area contributed by atoms with Gasteiger partial charge in [-0.1, -0.05) is 0 Å². The Bertz CT molecular complexity index is 227. The van der Waals surface area contributed by atoms with Gasteiger partial charge in [0, 0.05) is 17.6 Å². The van der Waals surface area contributed by atoms with E-state index in [0.717, 1.165) is 5.11 Å². The number of nitrogens with one attached hydrogen (secondary N) is 1. The fourth-order valence-electron chi connectivity index (χ4n) is 2.05. The number of rotatable bonds is 1. The molecule has 0 aromatic rings. The lowest BCUT2D eigenvalue weighted by molar-refractivity contribution is 0.120. The molecular weight excluding hydrogens is 180 g/mol. The summed E-state index contributed by atoms with van der Waals surface area (Å²) in [6.45, 7) is 6.72. The van der Waals surface area contributed by atoms with E-state index in [9.17, 15) is 0 Å². The third-order valence-corrected chi connectivity index (χ3v) is 3.59. The number of hydrogen-bond acceptors (Lipinski definition) is 1. The zero-order valence-corrected chi connectivity index (χ0v) is 9.45. The van der Waals surface area contributed by atoms with Crippen LogP contribution in [0.2, 0.25) is 0 Å². The molecule has 1 aliphatic heterocycles. The molecule has 1 saturated carbocycles. The van der Waals surface area contributed by atoms with Gasteiger partial charge in [0.05, 0.1) is 0 Å². The highest BCUT2D eigenvalue weighted by molar-refractivity contribution is 7.80. The van der Waals surface area contributed by atoms with E-state index in [4.69, 9.17) is 12.2 Å². The maximum absolute atomic E-state index is 5.38. The van der Waals surface area contributed by atoms with Crippen molar-refractivity contribution in [2.75, 3.05) is 0 Å². The predicted molar refractivity (Wildman–Crippen MR) is 58.8 cm³/mol. The van der Waals surface area contributed by atoms with Crippen molar-refractivity contribution in [2.24, 2.45) is 0 Å². The van der Waals surface area contributed by atoms with E-state index in [1.807, 2.05) is 0 Å². The zero-order chi connectivity index (χ0) is 9.64. The van der Waals surface area contributed by atoms with Gasteiger partial charge in [-0.05, 0) is 52.3 Å². The Labute approximate surface area is 85.7 Å². The Morgan fingerprint density at radius 3 is 2.31 bits per heavy atom. The summed E-state index contributed by atoms with van der Waals surface area (Å²) < 4.78 is 0. The van der Waals surface area contributed by atoms with Crippen LogP contribution >= 0.6 is 12.2 Å². The third-order valence-electron chi connectivity index (χ3n) is 3.28. The molecule has 1 saturated heterocycles. The van der Waals surface area contributed by atoms with Crippen molar-refractivity contribution in [1.29, 1.82) is 0 Å². The summed E-state index contributed by atoms with van der Waals surface area (Å²) in [5, 5.41) is 4.41. The van der Waals surface area contributed by atoms with Crippen LogP contribution in [-0.4, -0.2) is 27.6 Å². The summed E-state index contributed by atoms with van der Waals surface area (Å²) >= 11 is 5.38. The van der Waals surface area contributed by atoms with E-state index in [0.29, 0.717) is 17.6 Å². The van der Waals surface area contributed by atoms with Crippen molar-refractivity contribution in [2.45, 2.75) is 57.7 Å². The molecule has 2 nitrogen and oxygen atoms in total. The van der Waals surface area contributed by atoms with Gasteiger partial charge in [0.1, 0.15) is 0 Å². The van der Waals surface area contributed by atoms with Crippen LogP contribution in [0, 0.1) is 0 Å². The molecular formula is C10H18N2S. The van der Waals surface area contributed by atoms with Crippen molar-refractivity contribution >= 4 is 17.3 Å². The molecule has 0 spiro atoms. The van der Waals surface area contributed by atoms with Crippen LogP contribution in [0.15, 0.2) is 0 Å². The van der Waals surface area contributed by atoms with Gasteiger partial charge in [-0.2, -0.15) is 0 Å². The van der Waals surface area contributed by atoms with E-state index >= 15 is 0 Å². The minimum absolute atomic E-state index is 0.326. The molecule has 74 valence electrons. The molecule has 0 bridgehead atoms. The summed E-state index contributed by atoms with van der Waals surface area (Å²) in [6, 6.07) is 1.27. The quantitative estimate of drug-likeness (QED) is 0.648. The SMILES string of the molecule is CC1CC(C)N1C(=S)NC1(C)CC1. The van der Waals surface area contributed by atoms with Gasteiger partial charge < -0.3 is 10.2 Å². The smallest absolute Gasteiger partial charge is 0.169 e. The first-order valence-corrected chi connectivity index (χ1v) is 5.53. The molecule has 0 amide bonds. The first-order valence-electron chi connectivity index (χ1n) is 5.12. The number of thiocarbonyl (C=S) groups is 1. The molecule has 1 heterocycles. The van der Waals surface area contributed by atoms with E-state index in [-0.39, 0.29) is 0 Å². The lowest BCUT2D eigenvalue weighted by Gasteiger charge is -2.47. The summed E-state index contributed by atoms with van der Waals surface area (Å²) in [4.78, 5) is 2.32. The number of hydrogen-bond donors (Lipinski definition) is 1. The third kappa shape index (κ3) is 1.66. The highest BCUT2D eigenvalue weighted by Crippen LogP contribution is 2.35. The van der Waals surface area contributed by atoms with Crippen LogP contribution in [-0.2, 0) is 0 Å². The summed E-state index contributed by atoms with van der Waals surface area (Å²) in [5.41, 5.74) is 0.326. The average Bonchev–Trinajstić information content (AvgIpc) is 2.66. The Morgan fingerprint density at radius 2 is 1.92 bits per heavy atom. The monoisotopic (exact) mass is 198 g/mol. The zero-order valence-electron chi connectivity index (χ0n) is 8.63. The Kier molecular flexibility index (Phi) is 2.02. The van der Waals surface area contributed by atoms with Crippen LogP contribution in [0.4, 0.5) is 0 Å². The Balaban J connectivity index is 1.89. The molecule has 2 rings (SSSR count). The second-order valence-electron chi connectivity index (χ2n) is 4.83. The maximum atomic E-state index is 5.38. The van der Waals surface area contributed by atoms with Crippen LogP contribution < -0.4 is 5.32 Å². The van der Waals surface area contributed by atoms with Crippen molar-refractivity contribution in [3.63, 3.8) is 0 Å². The van der Waals surface area contributed by atoms with Gasteiger partial charge in [0.2, 0.25) is 0 Å². The van der Waals surface area contributed by atoms with Gasteiger partial charge in [-0.25, -0.2) is 0 Å². The largest absolute Gasteiger partial charge is 0.357 e.